The second-order valence-corrected chi connectivity index (χ2v) is 3.90. The van der Waals surface area contributed by atoms with Gasteiger partial charge in [-0.25, -0.2) is 0 Å². The summed E-state index contributed by atoms with van der Waals surface area (Å²) >= 11 is 0. The largest absolute Gasteiger partial charge is 0.573 e. The molecule has 0 amide bonds. The Balaban J connectivity index is 2.64. The Labute approximate surface area is 119 Å². The molecule has 2 aromatic rings. The summed E-state index contributed by atoms with van der Waals surface area (Å²) in [6.45, 7) is 0. The Kier molecular flexibility index (Phi) is 3.85. The topological polar surface area (TPSA) is 82.6 Å². The van der Waals surface area contributed by atoms with E-state index in [4.69, 9.17) is 4.42 Å². The molecule has 1 heterocycles. The van der Waals surface area contributed by atoms with Crippen LogP contribution in [-0.4, -0.2) is 17.6 Å². The number of hydrogen-bond donors (Lipinski definition) is 0. The molecule has 0 unspecified atom stereocenters. The first-order chi connectivity index (χ1) is 10.2. The van der Waals surface area contributed by atoms with Gasteiger partial charge in [-0.15, -0.1) is 13.2 Å². The maximum atomic E-state index is 13.9. The van der Waals surface area contributed by atoms with Crippen LogP contribution in [0.15, 0.2) is 28.7 Å². The molecule has 1 aromatic carbocycles. The van der Waals surface area contributed by atoms with Crippen molar-refractivity contribution in [2.75, 3.05) is 0 Å². The molecule has 0 atom stereocenters. The van der Waals surface area contributed by atoms with E-state index in [9.17, 15) is 32.5 Å². The number of hydrogen-bond acceptors (Lipinski definition) is 5. The van der Waals surface area contributed by atoms with Gasteiger partial charge in [0.25, 0.3) is 0 Å². The number of halogens is 4. The summed E-state index contributed by atoms with van der Waals surface area (Å²) in [6.07, 6.45) is -4.99. The predicted molar refractivity (Wildman–Crippen MR) is 62.8 cm³/mol. The van der Waals surface area contributed by atoms with Crippen LogP contribution in [0.4, 0.5) is 23.2 Å². The van der Waals surface area contributed by atoms with Crippen molar-refractivity contribution >= 4 is 12.0 Å². The van der Waals surface area contributed by atoms with Gasteiger partial charge in [0.05, 0.1) is 10.5 Å². The van der Waals surface area contributed by atoms with E-state index in [1.807, 2.05) is 0 Å². The van der Waals surface area contributed by atoms with Crippen molar-refractivity contribution in [3.63, 3.8) is 0 Å². The Bertz CT molecular complexity index is 738. The average Bonchev–Trinajstić information content (AvgIpc) is 2.87. The summed E-state index contributed by atoms with van der Waals surface area (Å²) < 4.78 is 59.4. The molecule has 1 aromatic heterocycles. The average molecular weight is 319 g/mol. The van der Waals surface area contributed by atoms with Crippen LogP contribution in [0.2, 0.25) is 0 Å². The van der Waals surface area contributed by atoms with E-state index in [0.29, 0.717) is 6.07 Å². The van der Waals surface area contributed by atoms with E-state index in [1.165, 1.54) is 0 Å². The Morgan fingerprint density at radius 1 is 1.23 bits per heavy atom. The molecule has 0 saturated heterocycles. The third-order valence-corrected chi connectivity index (χ3v) is 2.50. The zero-order chi connectivity index (χ0) is 16.5. The molecule has 0 bridgehead atoms. The molecular formula is C12H5F4NO5. The Hall–Kier alpha value is -2.91. The first-order valence-electron chi connectivity index (χ1n) is 5.51. The lowest BCUT2D eigenvalue weighted by Crippen LogP contribution is -2.19. The number of furan rings is 1. The number of nitro benzene ring substituents is 1. The number of nitro groups is 1. The van der Waals surface area contributed by atoms with Gasteiger partial charge in [0.1, 0.15) is 5.76 Å². The van der Waals surface area contributed by atoms with Gasteiger partial charge in [-0.05, 0) is 18.2 Å². The summed E-state index contributed by atoms with van der Waals surface area (Å²) in [5.41, 5.74) is -1.71. The fraction of sp³-hybridized carbons (Fsp3) is 0.0833. The van der Waals surface area contributed by atoms with E-state index in [0.717, 1.165) is 18.2 Å². The number of aldehydes is 1. The van der Waals surface area contributed by atoms with Crippen molar-refractivity contribution in [3.05, 3.63) is 46.0 Å². The van der Waals surface area contributed by atoms with Gasteiger partial charge in [-0.2, -0.15) is 4.39 Å². The lowest BCUT2D eigenvalue weighted by Gasteiger charge is -2.12. The summed E-state index contributed by atoms with van der Waals surface area (Å²) in [5, 5.41) is 10.6. The van der Waals surface area contributed by atoms with E-state index in [-0.39, 0.29) is 17.8 Å². The van der Waals surface area contributed by atoms with Gasteiger partial charge in [-0.3, -0.25) is 14.9 Å². The summed E-state index contributed by atoms with van der Waals surface area (Å²) in [6, 6.07) is 3.74. The van der Waals surface area contributed by atoms with Crippen LogP contribution in [0.3, 0.4) is 0 Å². The number of carbonyl (C=O) groups excluding carboxylic acids is 1. The minimum Gasteiger partial charge on any atom is -0.453 e. The number of alkyl halides is 3. The molecule has 10 heteroatoms. The Morgan fingerprint density at radius 3 is 2.41 bits per heavy atom. The standard InChI is InChI=1S/C12H5F4NO5/c13-10-8(17(19)20)3-2-7(11(10)22-12(14,15)16)9-4-1-6(5-18)21-9/h1-5H. The van der Waals surface area contributed by atoms with Crippen LogP contribution in [-0.2, 0) is 0 Å². The highest BCUT2D eigenvalue weighted by molar-refractivity contribution is 5.75. The molecule has 0 aliphatic heterocycles. The van der Waals surface area contributed by atoms with Crippen molar-refractivity contribution in [1.82, 2.24) is 0 Å². The number of rotatable bonds is 4. The van der Waals surface area contributed by atoms with Gasteiger partial charge in [0.15, 0.2) is 17.8 Å². The highest BCUT2D eigenvalue weighted by Gasteiger charge is 2.36. The van der Waals surface area contributed by atoms with Gasteiger partial charge in [-0.1, -0.05) is 0 Å². The number of carbonyl (C=O) groups is 1. The number of ether oxygens (including phenoxy) is 1. The quantitative estimate of drug-likeness (QED) is 0.371. The molecule has 0 aliphatic carbocycles. The summed E-state index contributed by atoms with van der Waals surface area (Å²) in [5.74, 6) is -3.74. The number of benzene rings is 1. The molecule has 0 N–H and O–H groups in total. The highest BCUT2D eigenvalue weighted by atomic mass is 19.4. The van der Waals surface area contributed by atoms with Crippen molar-refractivity contribution in [3.8, 4) is 17.1 Å². The molecular weight excluding hydrogens is 314 g/mol. The normalized spacial score (nSPS) is 11.3. The zero-order valence-corrected chi connectivity index (χ0v) is 10.4. The molecule has 22 heavy (non-hydrogen) atoms. The molecule has 0 fully saturated rings. The molecule has 2 rings (SSSR count). The first-order valence-corrected chi connectivity index (χ1v) is 5.51. The summed E-state index contributed by atoms with van der Waals surface area (Å²) in [7, 11) is 0. The van der Waals surface area contributed by atoms with E-state index >= 15 is 0 Å². The van der Waals surface area contributed by atoms with Crippen molar-refractivity contribution in [2.24, 2.45) is 0 Å². The van der Waals surface area contributed by atoms with Crippen LogP contribution in [0.25, 0.3) is 11.3 Å². The molecule has 0 aliphatic rings. The van der Waals surface area contributed by atoms with E-state index in [2.05, 4.69) is 4.74 Å². The van der Waals surface area contributed by atoms with Crippen molar-refractivity contribution < 1.29 is 36.4 Å². The Morgan fingerprint density at radius 2 is 1.91 bits per heavy atom. The molecule has 0 spiro atoms. The van der Waals surface area contributed by atoms with Crippen LogP contribution in [0.1, 0.15) is 10.6 Å². The smallest absolute Gasteiger partial charge is 0.453 e. The highest BCUT2D eigenvalue weighted by Crippen LogP contribution is 2.40. The third-order valence-electron chi connectivity index (χ3n) is 2.50. The maximum Gasteiger partial charge on any atom is 0.573 e. The minimum atomic E-state index is -5.27. The van der Waals surface area contributed by atoms with Crippen LogP contribution < -0.4 is 4.74 Å². The van der Waals surface area contributed by atoms with Crippen LogP contribution >= 0.6 is 0 Å². The predicted octanol–water partition coefficient (Wildman–Crippen LogP) is 3.71. The maximum absolute atomic E-state index is 13.9. The number of nitrogens with zero attached hydrogens (tertiary/aromatic N) is 1. The van der Waals surface area contributed by atoms with Crippen LogP contribution in [0.5, 0.6) is 5.75 Å². The molecule has 116 valence electrons. The van der Waals surface area contributed by atoms with Gasteiger partial charge in [0, 0.05) is 6.07 Å². The molecule has 0 radical (unpaired) electrons. The fourth-order valence-electron chi connectivity index (χ4n) is 1.66. The van der Waals surface area contributed by atoms with Crippen molar-refractivity contribution in [1.29, 1.82) is 0 Å². The van der Waals surface area contributed by atoms with E-state index < -0.39 is 34.1 Å². The second-order valence-electron chi connectivity index (χ2n) is 3.90. The zero-order valence-electron chi connectivity index (χ0n) is 10.4. The lowest BCUT2D eigenvalue weighted by molar-refractivity contribution is -0.387. The van der Waals surface area contributed by atoms with Gasteiger partial charge < -0.3 is 9.15 Å². The molecule has 0 saturated carbocycles. The lowest BCUT2D eigenvalue weighted by atomic mass is 10.1. The molecule has 6 nitrogen and oxygen atoms in total. The van der Waals surface area contributed by atoms with Crippen LogP contribution in [0, 0.1) is 15.9 Å². The minimum absolute atomic E-state index is 0.216. The van der Waals surface area contributed by atoms with Gasteiger partial charge in [0.2, 0.25) is 5.82 Å². The first kappa shape index (κ1) is 15.5. The van der Waals surface area contributed by atoms with E-state index in [1.54, 1.807) is 0 Å². The SMILES string of the molecule is O=Cc1ccc(-c2ccc([N+](=O)[O-])c(F)c2OC(F)(F)F)o1. The summed E-state index contributed by atoms with van der Waals surface area (Å²) in [4.78, 5) is 19.9. The monoisotopic (exact) mass is 319 g/mol. The third kappa shape index (κ3) is 3.05. The fourth-order valence-corrected chi connectivity index (χ4v) is 1.66. The second kappa shape index (κ2) is 5.47. The van der Waals surface area contributed by atoms with Crippen molar-refractivity contribution in [2.45, 2.75) is 6.36 Å². The van der Waals surface area contributed by atoms with Gasteiger partial charge >= 0.3 is 12.0 Å².